The molecule has 5 heteroatoms. The van der Waals surface area contributed by atoms with Crippen LogP contribution in [-0.2, 0) is 13.5 Å². The summed E-state index contributed by atoms with van der Waals surface area (Å²) < 4.78 is 2.84. The SMILES string of the molecule is Cc1cc(C(O)Cc2cnn(C)c2)sc1Br. The molecule has 0 aliphatic carbocycles. The summed E-state index contributed by atoms with van der Waals surface area (Å²) in [5.74, 6) is 0. The Labute approximate surface area is 107 Å². The van der Waals surface area contributed by atoms with Crippen LogP contribution in [0.15, 0.2) is 22.2 Å². The van der Waals surface area contributed by atoms with Crippen molar-refractivity contribution < 1.29 is 5.11 Å². The first-order valence-corrected chi connectivity index (χ1v) is 6.58. The second kappa shape index (κ2) is 4.69. The molecule has 2 aromatic heterocycles. The third-order valence-corrected chi connectivity index (χ3v) is 4.63. The summed E-state index contributed by atoms with van der Waals surface area (Å²) >= 11 is 5.05. The molecule has 2 rings (SSSR count). The largest absolute Gasteiger partial charge is 0.387 e. The van der Waals surface area contributed by atoms with Crippen LogP contribution < -0.4 is 0 Å². The number of aliphatic hydroxyl groups is 1. The fourth-order valence-electron chi connectivity index (χ4n) is 1.55. The van der Waals surface area contributed by atoms with E-state index in [1.807, 2.05) is 26.2 Å². The molecule has 0 radical (unpaired) electrons. The highest BCUT2D eigenvalue weighted by atomic mass is 79.9. The molecule has 0 amide bonds. The van der Waals surface area contributed by atoms with Crippen LogP contribution >= 0.6 is 27.3 Å². The van der Waals surface area contributed by atoms with Crippen molar-refractivity contribution in [2.75, 3.05) is 0 Å². The Balaban J connectivity index is 2.11. The van der Waals surface area contributed by atoms with Crippen molar-refractivity contribution in [2.45, 2.75) is 19.4 Å². The van der Waals surface area contributed by atoms with Crippen molar-refractivity contribution in [3.8, 4) is 0 Å². The summed E-state index contributed by atoms with van der Waals surface area (Å²) in [5, 5.41) is 14.2. The van der Waals surface area contributed by atoms with Crippen LogP contribution in [0, 0.1) is 6.92 Å². The molecule has 86 valence electrons. The molecular weight excluding hydrogens is 288 g/mol. The van der Waals surface area contributed by atoms with Gasteiger partial charge in [-0.3, -0.25) is 4.68 Å². The van der Waals surface area contributed by atoms with Crippen LogP contribution in [0.1, 0.15) is 22.1 Å². The highest BCUT2D eigenvalue weighted by molar-refractivity contribution is 9.11. The van der Waals surface area contributed by atoms with Crippen LogP contribution in [0.4, 0.5) is 0 Å². The summed E-state index contributed by atoms with van der Waals surface area (Å²) in [6.45, 7) is 2.03. The number of nitrogens with zero attached hydrogens (tertiary/aromatic N) is 2. The highest BCUT2D eigenvalue weighted by Gasteiger charge is 2.13. The van der Waals surface area contributed by atoms with E-state index in [4.69, 9.17) is 0 Å². The molecule has 0 saturated carbocycles. The van der Waals surface area contributed by atoms with Crippen molar-refractivity contribution in [3.05, 3.63) is 38.3 Å². The van der Waals surface area contributed by atoms with Crippen molar-refractivity contribution in [3.63, 3.8) is 0 Å². The van der Waals surface area contributed by atoms with E-state index in [-0.39, 0.29) is 0 Å². The van der Waals surface area contributed by atoms with Gasteiger partial charge in [0.2, 0.25) is 0 Å². The maximum absolute atomic E-state index is 10.1. The normalized spacial score (nSPS) is 13.0. The molecule has 3 nitrogen and oxygen atoms in total. The number of hydrogen-bond donors (Lipinski definition) is 1. The van der Waals surface area contributed by atoms with E-state index < -0.39 is 6.10 Å². The van der Waals surface area contributed by atoms with Gasteiger partial charge in [-0.1, -0.05) is 0 Å². The molecule has 0 fully saturated rings. The Morgan fingerprint density at radius 2 is 2.38 bits per heavy atom. The minimum Gasteiger partial charge on any atom is -0.387 e. The smallest absolute Gasteiger partial charge is 0.0923 e. The zero-order valence-corrected chi connectivity index (χ0v) is 11.5. The predicted octanol–water partition coefficient (Wildman–Crippen LogP) is 2.83. The number of rotatable bonds is 3. The van der Waals surface area contributed by atoms with Crippen molar-refractivity contribution >= 4 is 27.3 Å². The molecule has 0 spiro atoms. The zero-order valence-electron chi connectivity index (χ0n) is 9.14. The van der Waals surface area contributed by atoms with E-state index >= 15 is 0 Å². The number of aromatic nitrogens is 2. The summed E-state index contributed by atoms with van der Waals surface area (Å²) in [5.41, 5.74) is 2.22. The molecular formula is C11H13BrN2OS. The second-order valence-corrected chi connectivity index (χ2v) is 6.25. The zero-order chi connectivity index (χ0) is 11.7. The Hall–Kier alpha value is -0.650. The molecule has 0 bridgehead atoms. The van der Waals surface area contributed by atoms with E-state index in [1.165, 1.54) is 5.56 Å². The number of aryl methyl sites for hydroxylation is 2. The Bertz CT molecular complexity index is 472. The summed E-state index contributed by atoms with van der Waals surface area (Å²) in [6, 6.07) is 2.02. The van der Waals surface area contributed by atoms with Crippen molar-refractivity contribution in [1.82, 2.24) is 9.78 Å². The summed E-state index contributed by atoms with van der Waals surface area (Å²) in [7, 11) is 1.88. The van der Waals surface area contributed by atoms with Crippen molar-refractivity contribution in [1.29, 1.82) is 0 Å². The third kappa shape index (κ3) is 2.53. The maximum atomic E-state index is 10.1. The first-order chi connectivity index (χ1) is 7.56. The lowest BCUT2D eigenvalue weighted by Crippen LogP contribution is -1.98. The van der Waals surface area contributed by atoms with Gasteiger partial charge >= 0.3 is 0 Å². The standard InChI is InChI=1S/C11H13BrN2OS/c1-7-3-10(16-11(7)12)9(15)4-8-5-13-14(2)6-8/h3,5-6,9,15H,4H2,1-2H3. The van der Waals surface area contributed by atoms with E-state index in [9.17, 15) is 5.11 Å². The highest BCUT2D eigenvalue weighted by Crippen LogP contribution is 2.32. The fourth-order valence-corrected chi connectivity index (χ4v) is 3.11. The van der Waals surface area contributed by atoms with Crippen LogP contribution in [0.3, 0.4) is 0 Å². The Kier molecular flexibility index (Phi) is 3.47. The Morgan fingerprint density at radius 3 is 2.88 bits per heavy atom. The minimum absolute atomic E-state index is 0.445. The predicted molar refractivity (Wildman–Crippen MR) is 68.6 cm³/mol. The molecule has 0 saturated heterocycles. The van der Waals surface area contributed by atoms with Gasteiger partial charge in [0.15, 0.2) is 0 Å². The number of halogens is 1. The van der Waals surface area contributed by atoms with Gasteiger partial charge in [0.1, 0.15) is 0 Å². The van der Waals surface area contributed by atoms with Crippen LogP contribution in [0.2, 0.25) is 0 Å². The van der Waals surface area contributed by atoms with E-state index in [0.717, 1.165) is 14.2 Å². The molecule has 1 unspecified atom stereocenters. The van der Waals surface area contributed by atoms with Gasteiger partial charge in [-0.25, -0.2) is 0 Å². The minimum atomic E-state index is -0.445. The monoisotopic (exact) mass is 300 g/mol. The van der Waals surface area contributed by atoms with Gasteiger partial charge in [0.05, 0.1) is 16.1 Å². The first-order valence-electron chi connectivity index (χ1n) is 4.97. The number of thiophene rings is 1. The lowest BCUT2D eigenvalue weighted by atomic mass is 10.1. The van der Waals surface area contributed by atoms with E-state index in [2.05, 4.69) is 21.0 Å². The number of aliphatic hydroxyl groups excluding tert-OH is 1. The lowest BCUT2D eigenvalue weighted by Gasteiger charge is -2.05. The van der Waals surface area contributed by atoms with E-state index in [1.54, 1.807) is 22.2 Å². The molecule has 16 heavy (non-hydrogen) atoms. The van der Waals surface area contributed by atoms with Crippen LogP contribution in [0.25, 0.3) is 0 Å². The first kappa shape index (κ1) is 11.8. The van der Waals surface area contributed by atoms with Gasteiger partial charge in [0, 0.05) is 24.5 Å². The molecule has 2 aromatic rings. The van der Waals surface area contributed by atoms with Crippen molar-refractivity contribution in [2.24, 2.45) is 7.05 Å². The molecule has 0 aliphatic heterocycles. The Morgan fingerprint density at radius 1 is 1.62 bits per heavy atom. The summed E-state index contributed by atoms with van der Waals surface area (Å²) in [6.07, 6.45) is 3.89. The van der Waals surface area contributed by atoms with Crippen LogP contribution in [0.5, 0.6) is 0 Å². The van der Waals surface area contributed by atoms with Gasteiger partial charge in [-0.05, 0) is 40.0 Å². The van der Waals surface area contributed by atoms with Crippen LogP contribution in [-0.4, -0.2) is 14.9 Å². The van der Waals surface area contributed by atoms with Gasteiger partial charge in [-0.15, -0.1) is 11.3 Å². The average molecular weight is 301 g/mol. The quantitative estimate of drug-likeness (QED) is 0.946. The molecule has 0 aromatic carbocycles. The molecule has 2 heterocycles. The van der Waals surface area contributed by atoms with Gasteiger partial charge < -0.3 is 5.11 Å². The third-order valence-electron chi connectivity index (χ3n) is 2.39. The average Bonchev–Trinajstić information content (AvgIpc) is 2.75. The number of hydrogen-bond acceptors (Lipinski definition) is 3. The second-order valence-electron chi connectivity index (χ2n) is 3.85. The fraction of sp³-hybridized carbons (Fsp3) is 0.364. The molecule has 1 atom stereocenters. The topological polar surface area (TPSA) is 38.1 Å². The molecule has 0 aliphatic rings. The summed E-state index contributed by atoms with van der Waals surface area (Å²) in [4.78, 5) is 0.994. The molecule has 1 N–H and O–H groups in total. The van der Waals surface area contributed by atoms with Gasteiger partial charge in [-0.2, -0.15) is 5.10 Å². The lowest BCUT2D eigenvalue weighted by molar-refractivity contribution is 0.182. The van der Waals surface area contributed by atoms with E-state index in [0.29, 0.717) is 6.42 Å². The van der Waals surface area contributed by atoms with Gasteiger partial charge in [0.25, 0.3) is 0 Å². The maximum Gasteiger partial charge on any atom is 0.0923 e.